The van der Waals surface area contributed by atoms with Gasteiger partial charge in [0.15, 0.2) is 12.0 Å². The van der Waals surface area contributed by atoms with Gasteiger partial charge in [-0.3, -0.25) is 4.79 Å². The number of likely N-dealkylation sites (tertiary alicyclic amines) is 1. The highest BCUT2D eigenvalue weighted by Crippen LogP contribution is 2.41. The van der Waals surface area contributed by atoms with Crippen molar-refractivity contribution in [2.75, 3.05) is 13.1 Å². The highest BCUT2D eigenvalue weighted by atomic mass is 16.4. The van der Waals surface area contributed by atoms with E-state index >= 15 is 0 Å². The van der Waals surface area contributed by atoms with Gasteiger partial charge in [-0.15, -0.1) is 0 Å². The average Bonchev–Trinajstić information content (AvgIpc) is 3.16. The summed E-state index contributed by atoms with van der Waals surface area (Å²) in [5.74, 6) is 1.01. The molecule has 0 spiro atoms. The van der Waals surface area contributed by atoms with Gasteiger partial charge < -0.3 is 14.6 Å². The summed E-state index contributed by atoms with van der Waals surface area (Å²) in [4.78, 5) is 18.0. The molecule has 1 aromatic carbocycles. The minimum absolute atomic E-state index is 0.0364. The summed E-state index contributed by atoms with van der Waals surface area (Å²) in [6.45, 7) is 1.21. The Balaban J connectivity index is 1.45. The van der Waals surface area contributed by atoms with Crippen LogP contribution in [0.5, 0.6) is 0 Å². The molecule has 2 fully saturated rings. The quantitative estimate of drug-likeness (QED) is 0.875. The second-order valence-electron chi connectivity index (χ2n) is 6.43. The molecule has 24 heavy (non-hydrogen) atoms. The van der Waals surface area contributed by atoms with Crippen molar-refractivity contribution >= 4 is 5.91 Å². The minimum Gasteiger partial charge on any atom is -0.432 e. The molecule has 122 valence electrons. The number of benzene rings is 1. The van der Waals surface area contributed by atoms with Gasteiger partial charge in [0, 0.05) is 24.7 Å². The maximum atomic E-state index is 12.3. The largest absolute Gasteiger partial charge is 0.432 e. The van der Waals surface area contributed by atoms with Crippen molar-refractivity contribution in [1.29, 1.82) is 5.26 Å². The van der Waals surface area contributed by atoms with Crippen LogP contribution in [0.2, 0.25) is 0 Å². The summed E-state index contributed by atoms with van der Waals surface area (Å²) in [7, 11) is 0. The minimum atomic E-state index is -0.329. The van der Waals surface area contributed by atoms with Crippen LogP contribution in [0.1, 0.15) is 41.4 Å². The summed E-state index contributed by atoms with van der Waals surface area (Å²) >= 11 is 0. The van der Waals surface area contributed by atoms with Gasteiger partial charge in [0.05, 0.1) is 6.20 Å². The number of nitrogens with one attached hydrogen (secondary N) is 1. The normalized spacial score (nSPS) is 20.0. The Hall–Kier alpha value is -2.81. The van der Waals surface area contributed by atoms with Crippen LogP contribution in [0, 0.1) is 11.5 Å². The van der Waals surface area contributed by atoms with Crippen molar-refractivity contribution in [2.45, 2.75) is 31.2 Å². The molecule has 6 heteroatoms. The second-order valence-corrected chi connectivity index (χ2v) is 6.43. The van der Waals surface area contributed by atoms with Crippen LogP contribution in [0.25, 0.3) is 11.3 Å². The van der Waals surface area contributed by atoms with E-state index < -0.39 is 0 Å². The highest BCUT2D eigenvalue weighted by molar-refractivity contribution is 5.90. The fourth-order valence-electron chi connectivity index (χ4n) is 3.09. The third kappa shape index (κ3) is 2.98. The zero-order chi connectivity index (χ0) is 16.5. The summed E-state index contributed by atoms with van der Waals surface area (Å²) in [6.07, 6.45) is 6.94. The lowest BCUT2D eigenvalue weighted by molar-refractivity contribution is 0.0904. The Morgan fingerprint density at radius 3 is 3.00 bits per heavy atom. The van der Waals surface area contributed by atoms with E-state index in [9.17, 15) is 4.79 Å². The molecule has 1 amide bonds. The van der Waals surface area contributed by atoms with E-state index in [0.29, 0.717) is 24.8 Å². The number of amides is 1. The Labute approximate surface area is 140 Å². The molecule has 1 atom stereocenters. The van der Waals surface area contributed by atoms with E-state index in [4.69, 9.17) is 9.68 Å². The van der Waals surface area contributed by atoms with Crippen molar-refractivity contribution < 1.29 is 9.21 Å². The summed E-state index contributed by atoms with van der Waals surface area (Å²) in [5, 5.41) is 11.7. The van der Waals surface area contributed by atoms with Crippen LogP contribution >= 0.6 is 0 Å². The van der Waals surface area contributed by atoms with Crippen LogP contribution in [0.15, 0.2) is 34.9 Å². The molecule has 1 unspecified atom stereocenters. The van der Waals surface area contributed by atoms with Gasteiger partial charge in [0.25, 0.3) is 5.89 Å². The fraction of sp³-hybridized carbons (Fsp3) is 0.389. The van der Waals surface area contributed by atoms with E-state index in [0.717, 1.165) is 12.0 Å². The standard InChI is InChI=1S/C18H18N4O2/c19-11-22-7-6-15(10-22)21-17(23)18-20-9-16(24-18)14-3-1-2-13(8-14)12-4-5-12/h1-3,8-9,12,15H,4-7,10H2,(H,21,23). The van der Waals surface area contributed by atoms with Gasteiger partial charge in [-0.25, -0.2) is 4.98 Å². The highest BCUT2D eigenvalue weighted by Gasteiger charge is 2.26. The van der Waals surface area contributed by atoms with Gasteiger partial charge in [-0.05, 0) is 36.8 Å². The Morgan fingerprint density at radius 1 is 1.38 bits per heavy atom. The van der Waals surface area contributed by atoms with Crippen LogP contribution in [-0.4, -0.2) is 34.9 Å². The van der Waals surface area contributed by atoms with E-state index in [2.05, 4.69) is 28.6 Å². The number of aromatic nitrogens is 1. The average molecular weight is 322 g/mol. The number of rotatable bonds is 4. The first-order valence-corrected chi connectivity index (χ1v) is 8.24. The molecule has 1 saturated carbocycles. The summed E-state index contributed by atoms with van der Waals surface area (Å²) < 4.78 is 5.65. The number of hydrogen-bond acceptors (Lipinski definition) is 5. The smallest absolute Gasteiger partial charge is 0.307 e. The number of oxazole rings is 1. The number of carbonyl (C=O) groups excluding carboxylic acids is 1. The van der Waals surface area contributed by atoms with Crippen molar-refractivity contribution in [3.63, 3.8) is 0 Å². The van der Waals surface area contributed by atoms with Crippen LogP contribution in [0.3, 0.4) is 0 Å². The summed E-state index contributed by atoms with van der Waals surface area (Å²) in [5.41, 5.74) is 2.26. The number of nitrogens with zero attached hydrogens (tertiary/aromatic N) is 3. The van der Waals surface area contributed by atoms with E-state index in [1.807, 2.05) is 12.1 Å². The lowest BCUT2D eigenvalue weighted by Gasteiger charge is -2.10. The predicted molar refractivity (Wildman–Crippen MR) is 87.0 cm³/mol. The molecule has 1 N–H and O–H groups in total. The third-order valence-electron chi connectivity index (χ3n) is 4.58. The maximum absolute atomic E-state index is 12.3. The van der Waals surface area contributed by atoms with Crippen molar-refractivity contribution in [2.24, 2.45) is 0 Å². The van der Waals surface area contributed by atoms with E-state index in [1.54, 1.807) is 11.1 Å². The monoisotopic (exact) mass is 322 g/mol. The number of nitriles is 1. The first-order chi connectivity index (χ1) is 11.7. The molecule has 1 aromatic heterocycles. The van der Waals surface area contributed by atoms with Crippen LogP contribution < -0.4 is 5.32 Å². The molecule has 1 aliphatic carbocycles. The van der Waals surface area contributed by atoms with Gasteiger partial charge in [0.1, 0.15) is 0 Å². The van der Waals surface area contributed by atoms with Crippen molar-refractivity contribution in [3.05, 3.63) is 41.9 Å². The Bertz CT molecular complexity index is 803. The molecule has 0 bridgehead atoms. The Morgan fingerprint density at radius 2 is 2.25 bits per heavy atom. The molecule has 1 saturated heterocycles. The lowest BCUT2D eigenvalue weighted by atomic mass is 10.1. The molecule has 2 heterocycles. The third-order valence-corrected chi connectivity index (χ3v) is 4.58. The molecule has 1 aliphatic heterocycles. The number of carbonyl (C=O) groups is 1. The lowest BCUT2D eigenvalue weighted by Crippen LogP contribution is -2.36. The second kappa shape index (κ2) is 6.00. The first-order valence-electron chi connectivity index (χ1n) is 8.24. The van der Waals surface area contributed by atoms with Crippen LogP contribution in [0.4, 0.5) is 0 Å². The molecule has 2 aromatic rings. The molecular weight excluding hydrogens is 304 g/mol. The zero-order valence-corrected chi connectivity index (χ0v) is 13.2. The fourth-order valence-corrected chi connectivity index (χ4v) is 3.09. The first kappa shape index (κ1) is 14.8. The molecule has 0 radical (unpaired) electrons. The van der Waals surface area contributed by atoms with Gasteiger partial charge in [-0.1, -0.05) is 18.2 Å². The topological polar surface area (TPSA) is 82.2 Å². The van der Waals surface area contributed by atoms with Gasteiger partial charge in [-0.2, -0.15) is 5.26 Å². The van der Waals surface area contributed by atoms with Crippen molar-refractivity contribution in [1.82, 2.24) is 15.2 Å². The van der Waals surface area contributed by atoms with Crippen molar-refractivity contribution in [3.8, 4) is 17.5 Å². The van der Waals surface area contributed by atoms with Crippen LogP contribution in [-0.2, 0) is 0 Å². The SMILES string of the molecule is N#CN1CCC(NC(=O)c2ncc(-c3cccc(C4CC4)c3)o2)C1. The van der Waals surface area contributed by atoms with Gasteiger partial charge >= 0.3 is 5.91 Å². The van der Waals surface area contributed by atoms with Gasteiger partial charge in [0.2, 0.25) is 0 Å². The zero-order valence-electron chi connectivity index (χ0n) is 13.2. The maximum Gasteiger partial charge on any atom is 0.307 e. The molecule has 2 aliphatic rings. The Kier molecular flexibility index (Phi) is 3.69. The predicted octanol–water partition coefficient (Wildman–Crippen LogP) is 2.50. The molecule has 4 rings (SSSR count). The summed E-state index contributed by atoms with van der Waals surface area (Å²) in [6, 6.07) is 8.19. The van der Waals surface area contributed by atoms with E-state index in [-0.39, 0.29) is 17.8 Å². The molecular formula is C18H18N4O2. The number of hydrogen-bond donors (Lipinski definition) is 1. The molecule has 6 nitrogen and oxygen atoms in total. The van der Waals surface area contributed by atoms with E-state index in [1.165, 1.54) is 18.4 Å².